The zero-order chi connectivity index (χ0) is 13.3. The lowest BCUT2D eigenvalue weighted by atomic mass is 10.2. The lowest BCUT2D eigenvalue weighted by molar-refractivity contribution is -0.139. The molecule has 17 heavy (non-hydrogen) atoms. The molecule has 2 atom stereocenters. The van der Waals surface area contributed by atoms with Gasteiger partial charge in [0.2, 0.25) is 0 Å². The molecule has 1 unspecified atom stereocenters. The minimum Gasteiger partial charge on any atom is -0.480 e. The summed E-state index contributed by atoms with van der Waals surface area (Å²) in [4.78, 5) is 21.9. The number of carbonyl (C=O) groups excluding carboxylic acids is 1. The molecule has 2 amide bonds. The molecule has 0 radical (unpaired) electrons. The van der Waals surface area contributed by atoms with Crippen molar-refractivity contribution in [3.05, 3.63) is 0 Å². The van der Waals surface area contributed by atoms with Crippen LogP contribution >= 0.6 is 0 Å². The Morgan fingerprint density at radius 3 is 2.53 bits per heavy atom. The Morgan fingerprint density at radius 2 is 2.06 bits per heavy atom. The van der Waals surface area contributed by atoms with Gasteiger partial charge in [-0.25, -0.2) is 9.59 Å². The van der Waals surface area contributed by atoms with Gasteiger partial charge < -0.3 is 20.8 Å². The van der Waals surface area contributed by atoms with E-state index in [2.05, 4.69) is 10.6 Å². The van der Waals surface area contributed by atoms with E-state index in [4.69, 9.17) is 10.2 Å². The summed E-state index contributed by atoms with van der Waals surface area (Å²) >= 11 is 0. The van der Waals surface area contributed by atoms with Gasteiger partial charge in [-0.2, -0.15) is 0 Å². The molecule has 0 aliphatic carbocycles. The molecule has 0 aromatic heterocycles. The van der Waals surface area contributed by atoms with Gasteiger partial charge in [0.25, 0.3) is 0 Å². The maximum absolute atomic E-state index is 11.2. The van der Waals surface area contributed by atoms with Crippen LogP contribution in [0.4, 0.5) is 4.79 Å². The number of carboxylic acids is 1. The normalized spacial score (nSPS) is 13.8. The lowest BCUT2D eigenvalue weighted by Gasteiger charge is -2.13. The third-order valence-corrected chi connectivity index (χ3v) is 3.26. The summed E-state index contributed by atoms with van der Waals surface area (Å²) in [7, 11) is -0.967. The number of aliphatic carboxylic acids is 1. The first kappa shape index (κ1) is 15.9. The number of hydrogen-bond donors (Lipinski definition) is 4. The van der Waals surface area contributed by atoms with Crippen molar-refractivity contribution in [3.8, 4) is 0 Å². The van der Waals surface area contributed by atoms with Crippen LogP contribution in [0.2, 0.25) is 0 Å². The van der Waals surface area contributed by atoms with Crippen molar-refractivity contribution in [1.29, 1.82) is 0 Å². The number of aliphatic hydroxyl groups is 1. The maximum Gasteiger partial charge on any atom is 0.326 e. The molecule has 0 bridgehead atoms. The molecule has 100 valence electrons. The molecule has 0 aliphatic rings. The highest BCUT2D eigenvalue weighted by Crippen LogP contribution is 1.91. The van der Waals surface area contributed by atoms with Crippen molar-refractivity contribution in [2.24, 2.45) is 0 Å². The van der Waals surface area contributed by atoms with E-state index in [1.54, 1.807) is 6.92 Å². The summed E-state index contributed by atoms with van der Waals surface area (Å²) in [5.41, 5.74) is 0. The highest BCUT2D eigenvalue weighted by atomic mass is 32.2. The molecular formula is C9H18N2O5S. The van der Waals surface area contributed by atoms with Crippen molar-refractivity contribution < 1.29 is 24.0 Å². The lowest BCUT2D eigenvalue weighted by Crippen LogP contribution is -2.47. The fourth-order valence-corrected chi connectivity index (χ4v) is 1.64. The van der Waals surface area contributed by atoms with Gasteiger partial charge >= 0.3 is 12.0 Å². The largest absolute Gasteiger partial charge is 0.480 e. The van der Waals surface area contributed by atoms with E-state index >= 15 is 0 Å². The number of carbonyl (C=O) groups is 2. The molecule has 0 spiro atoms. The average Bonchev–Trinajstić information content (AvgIpc) is 2.28. The Bertz CT molecular complexity index is 285. The fourth-order valence-electron chi connectivity index (χ4n) is 1.02. The van der Waals surface area contributed by atoms with E-state index in [1.807, 2.05) is 0 Å². The van der Waals surface area contributed by atoms with Crippen LogP contribution in [0.15, 0.2) is 0 Å². The van der Waals surface area contributed by atoms with Crippen molar-refractivity contribution in [3.63, 3.8) is 0 Å². The Labute approximate surface area is 102 Å². The number of urea groups is 1. The number of nitrogens with one attached hydrogen (secondary N) is 2. The fraction of sp³-hybridized carbons (Fsp3) is 0.778. The van der Waals surface area contributed by atoms with Gasteiger partial charge in [-0.3, -0.25) is 4.21 Å². The molecular weight excluding hydrogens is 248 g/mol. The van der Waals surface area contributed by atoms with Crippen LogP contribution in [0.5, 0.6) is 0 Å². The summed E-state index contributed by atoms with van der Waals surface area (Å²) in [6.45, 7) is 1.67. The minimum atomic E-state index is -1.20. The van der Waals surface area contributed by atoms with Crippen LogP contribution in [0.1, 0.15) is 13.3 Å². The molecule has 0 aromatic carbocycles. The van der Waals surface area contributed by atoms with Crippen molar-refractivity contribution in [2.75, 3.05) is 24.7 Å². The molecule has 0 heterocycles. The minimum absolute atomic E-state index is 0.0519. The molecule has 0 saturated heterocycles. The first-order valence-corrected chi connectivity index (χ1v) is 6.73. The SMILES string of the molecule is CCS(=O)CCNC(=O)N[C@H](CCO)C(=O)O. The number of amides is 2. The smallest absolute Gasteiger partial charge is 0.326 e. The number of hydrogen-bond acceptors (Lipinski definition) is 4. The molecule has 7 nitrogen and oxygen atoms in total. The van der Waals surface area contributed by atoms with Crippen LogP contribution in [0.3, 0.4) is 0 Å². The third kappa shape index (κ3) is 7.70. The summed E-state index contributed by atoms with van der Waals surface area (Å²) in [5, 5.41) is 21.9. The van der Waals surface area contributed by atoms with Crippen LogP contribution in [-0.2, 0) is 15.6 Å². The number of carboxylic acid groups (broad SMARTS) is 1. The third-order valence-electron chi connectivity index (χ3n) is 1.96. The Balaban J connectivity index is 3.90. The summed E-state index contributed by atoms with van der Waals surface area (Å²) in [6.07, 6.45) is -0.0519. The summed E-state index contributed by atoms with van der Waals surface area (Å²) < 4.78 is 11.0. The molecule has 0 aromatic rings. The predicted molar refractivity (Wildman–Crippen MR) is 63.2 cm³/mol. The van der Waals surface area contributed by atoms with Gasteiger partial charge in [0.05, 0.1) is 0 Å². The average molecular weight is 266 g/mol. The van der Waals surface area contributed by atoms with Gasteiger partial charge in [0, 0.05) is 41.9 Å². The topological polar surface area (TPSA) is 116 Å². The van der Waals surface area contributed by atoms with E-state index in [0.717, 1.165) is 0 Å². The van der Waals surface area contributed by atoms with E-state index in [0.29, 0.717) is 11.5 Å². The second-order valence-corrected chi connectivity index (χ2v) is 5.10. The Hall–Kier alpha value is -1.15. The van der Waals surface area contributed by atoms with E-state index < -0.39 is 28.8 Å². The molecule has 4 N–H and O–H groups in total. The van der Waals surface area contributed by atoms with Crippen molar-refractivity contribution in [2.45, 2.75) is 19.4 Å². The Morgan fingerprint density at radius 1 is 1.41 bits per heavy atom. The maximum atomic E-state index is 11.2. The standard InChI is InChI=1S/C9H18N2O5S/c1-2-17(16)6-4-10-9(15)11-7(3-5-12)8(13)14/h7,12H,2-6H2,1H3,(H,13,14)(H2,10,11,15)/t7-,17?/m1/s1. The number of aliphatic hydroxyl groups excluding tert-OH is 1. The highest BCUT2D eigenvalue weighted by molar-refractivity contribution is 7.84. The molecule has 0 rings (SSSR count). The highest BCUT2D eigenvalue weighted by Gasteiger charge is 2.18. The van der Waals surface area contributed by atoms with Gasteiger partial charge in [-0.15, -0.1) is 0 Å². The van der Waals surface area contributed by atoms with Crippen LogP contribution in [0, 0.1) is 0 Å². The van der Waals surface area contributed by atoms with Gasteiger partial charge in [-0.05, 0) is 0 Å². The molecule has 0 aliphatic heterocycles. The van der Waals surface area contributed by atoms with Gasteiger partial charge in [0.15, 0.2) is 0 Å². The first-order valence-electron chi connectivity index (χ1n) is 5.24. The van der Waals surface area contributed by atoms with Gasteiger partial charge in [0.1, 0.15) is 6.04 Å². The zero-order valence-corrected chi connectivity index (χ0v) is 10.5. The summed E-state index contributed by atoms with van der Waals surface area (Å²) in [6, 6.07) is -1.75. The van der Waals surface area contributed by atoms with Crippen LogP contribution < -0.4 is 10.6 Å². The second-order valence-electron chi connectivity index (χ2n) is 3.24. The second kappa shape index (κ2) is 8.94. The monoisotopic (exact) mass is 266 g/mol. The van der Waals surface area contributed by atoms with Crippen LogP contribution in [0.25, 0.3) is 0 Å². The van der Waals surface area contributed by atoms with Crippen molar-refractivity contribution >= 4 is 22.8 Å². The summed E-state index contributed by atoms with van der Waals surface area (Å²) in [5.74, 6) is -0.348. The van der Waals surface area contributed by atoms with Crippen LogP contribution in [-0.4, -0.2) is 57.1 Å². The van der Waals surface area contributed by atoms with E-state index in [9.17, 15) is 13.8 Å². The first-order chi connectivity index (χ1) is 8.01. The molecule has 0 saturated carbocycles. The zero-order valence-electron chi connectivity index (χ0n) is 9.64. The predicted octanol–water partition coefficient (Wildman–Crippen LogP) is -1.11. The van der Waals surface area contributed by atoms with Gasteiger partial charge in [-0.1, -0.05) is 6.92 Å². The quantitative estimate of drug-likeness (QED) is 0.444. The van der Waals surface area contributed by atoms with E-state index in [-0.39, 0.29) is 19.6 Å². The Kier molecular flexibility index (Phi) is 8.34. The molecule has 0 fully saturated rings. The van der Waals surface area contributed by atoms with Crippen molar-refractivity contribution in [1.82, 2.24) is 10.6 Å². The molecule has 8 heteroatoms. The van der Waals surface area contributed by atoms with E-state index in [1.165, 1.54) is 0 Å². The number of rotatable bonds is 8.